The number of likely N-dealkylation sites (tertiary alicyclic amines) is 1. The molecule has 2 aliphatic rings. The van der Waals surface area contributed by atoms with Gasteiger partial charge in [0.05, 0.1) is 16.5 Å². The van der Waals surface area contributed by atoms with Crippen molar-refractivity contribution in [3.05, 3.63) is 20.8 Å². The van der Waals surface area contributed by atoms with Crippen LogP contribution in [-0.2, 0) is 20.5 Å². The summed E-state index contributed by atoms with van der Waals surface area (Å²) in [6.45, 7) is 12.0. The minimum Gasteiger partial charge on any atom is -0.444 e. The van der Waals surface area contributed by atoms with E-state index in [0.29, 0.717) is 19.7 Å². The van der Waals surface area contributed by atoms with Crippen molar-refractivity contribution >= 4 is 29.0 Å². The van der Waals surface area contributed by atoms with E-state index in [9.17, 15) is 4.79 Å². The highest BCUT2D eigenvalue weighted by atomic mass is 35.5. The van der Waals surface area contributed by atoms with E-state index in [4.69, 9.17) is 21.1 Å². The first kappa shape index (κ1) is 18.0. The number of nitrogens with zero attached hydrogens (tertiary/aromatic N) is 1. The number of hydrogen-bond acceptors (Lipinski definition) is 4. The number of amides is 1. The van der Waals surface area contributed by atoms with Crippen molar-refractivity contribution in [2.75, 3.05) is 19.7 Å². The van der Waals surface area contributed by atoms with Crippen LogP contribution >= 0.6 is 22.9 Å². The second-order valence-electron chi connectivity index (χ2n) is 8.43. The van der Waals surface area contributed by atoms with Crippen molar-refractivity contribution in [2.45, 2.75) is 64.1 Å². The third kappa shape index (κ3) is 3.31. The third-order valence-electron chi connectivity index (χ3n) is 4.74. The van der Waals surface area contributed by atoms with Gasteiger partial charge >= 0.3 is 6.09 Å². The van der Waals surface area contributed by atoms with Crippen molar-refractivity contribution < 1.29 is 14.3 Å². The van der Waals surface area contributed by atoms with E-state index in [-0.39, 0.29) is 17.1 Å². The molecule has 1 fully saturated rings. The summed E-state index contributed by atoms with van der Waals surface area (Å²) in [5.41, 5.74) is 0.428. The van der Waals surface area contributed by atoms with Gasteiger partial charge in [-0.2, -0.15) is 0 Å². The first-order chi connectivity index (χ1) is 11.0. The summed E-state index contributed by atoms with van der Waals surface area (Å²) in [5, 5.41) is 0. The van der Waals surface area contributed by atoms with Gasteiger partial charge in [-0.05, 0) is 45.2 Å². The lowest BCUT2D eigenvalue weighted by Crippen LogP contribution is -2.51. The zero-order valence-electron chi connectivity index (χ0n) is 15.1. The molecule has 0 aromatic carbocycles. The first-order valence-corrected chi connectivity index (χ1v) is 9.64. The highest BCUT2D eigenvalue weighted by molar-refractivity contribution is 7.16. The number of fused-ring (bicyclic) bond motifs is 2. The smallest absolute Gasteiger partial charge is 0.410 e. The van der Waals surface area contributed by atoms with Gasteiger partial charge in [0.25, 0.3) is 0 Å². The topological polar surface area (TPSA) is 38.8 Å². The molecule has 24 heavy (non-hydrogen) atoms. The minimum absolute atomic E-state index is 0.0132. The lowest BCUT2D eigenvalue weighted by atomic mass is 9.76. The zero-order valence-corrected chi connectivity index (χ0v) is 16.6. The molecule has 1 saturated heterocycles. The molecule has 0 unspecified atom stereocenters. The number of carbonyl (C=O) groups excluding carboxylic acids is 1. The number of rotatable bonds is 0. The van der Waals surface area contributed by atoms with Crippen LogP contribution in [0.15, 0.2) is 6.07 Å². The molecule has 4 nitrogen and oxygen atoms in total. The second-order valence-corrected chi connectivity index (χ2v) is 10.1. The molecule has 0 radical (unpaired) electrons. The van der Waals surface area contributed by atoms with Gasteiger partial charge in [-0.1, -0.05) is 25.4 Å². The van der Waals surface area contributed by atoms with Crippen molar-refractivity contribution in [3.8, 4) is 0 Å². The number of thiophene rings is 1. The molecule has 0 atom stereocenters. The Labute approximate surface area is 153 Å². The Balaban J connectivity index is 1.77. The summed E-state index contributed by atoms with van der Waals surface area (Å²) in [6, 6.07) is 2.06. The van der Waals surface area contributed by atoms with E-state index in [1.54, 1.807) is 16.2 Å². The Bertz CT molecular complexity index is 639. The number of hydrogen-bond donors (Lipinski definition) is 0. The van der Waals surface area contributed by atoms with E-state index in [1.165, 1.54) is 10.4 Å². The molecule has 1 spiro atoms. The molecule has 6 heteroatoms. The summed E-state index contributed by atoms with van der Waals surface area (Å²) in [7, 11) is 0. The Kier molecular flexibility index (Phi) is 4.42. The average Bonchev–Trinajstić information content (AvgIpc) is 2.87. The lowest BCUT2D eigenvalue weighted by molar-refractivity contribution is -0.114. The number of carbonyl (C=O) groups is 1. The number of halogens is 1. The zero-order chi connectivity index (χ0) is 17.8. The summed E-state index contributed by atoms with van der Waals surface area (Å²) in [5.74, 6) is 0. The van der Waals surface area contributed by atoms with Crippen LogP contribution in [0.25, 0.3) is 0 Å². The first-order valence-electron chi connectivity index (χ1n) is 8.45. The van der Waals surface area contributed by atoms with E-state index >= 15 is 0 Å². The lowest BCUT2D eigenvalue weighted by Gasteiger charge is -2.47. The predicted molar refractivity (Wildman–Crippen MR) is 97.0 cm³/mol. The van der Waals surface area contributed by atoms with Crippen LogP contribution in [0, 0.1) is 0 Å². The van der Waals surface area contributed by atoms with Crippen molar-refractivity contribution in [3.63, 3.8) is 0 Å². The molecule has 2 aliphatic heterocycles. The Hall–Kier alpha value is -0.780. The van der Waals surface area contributed by atoms with E-state index in [1.807, 2.05) is 20.8 Å². The fourth-order valence-electron chi connectivity index (χ4n) is 3.45. The maximum Gasteiger partial charge on any atom is 0.410 e. The Morgan fingerprint density at radius 3 is 2.54 bits per heavy atom. The molecule has 3 heterocycles. The Morgan fingerprint density at radius 2 is 1.96 bits per heavy atom. The standard InChI is InChI=1S/C18H26ClNO3S/c1-16(2,3)23-15(21)20-8-6-18(7-9-20)12-10-13(19)24-14(12)17(4,5)11-22-18/h10H,6-9,11H2,1-5H3. The minimum atomic E-state index is -0.467. The summed E-state index contributed by atoms with van der Waals surface area (Å²) < 4.78 is 12.7. The SMILES string of the molecule is CC(C)(C)OC(=O)N1CCC2(CC1)OCC(C)(C)c1sc(Cl)cc12. The van der Waals surface area contributed by atoms with Gasteiger partial charge in [0, 0.05) is 23.4 Å². The van der Waals surface area contributed by atoms with E-state index in [2.05, 4.69) is 19.9 Å². The normalized spacial score (nSPS) is 22.3. The Morgan fingerprint density at radius 1 is 1.33 bits per heavy atom. The molecule has 1 aromatic heterocycles. The van der Waals surface area contributed by atoms with Gasteiger partial charge in [0.15, 0.2) is 0 Å². The molecule has 1 amide bonds. The van der Waals surface area contributed by atoms with Crippen LogP contribution in [0.3, 0.4) is 0 Å². The summed E-state index contributed by atoms with van der Waals surface area (Å²) in [6.07, 6.45) is 1.32. The van der Waals surface area contributed by atoms with Gasteiger partial charge in [-0.15, -0.1) is 11.3 Å². The number of piperidine rings is 1. The third-order valence-corrected chi connectivity index (χ3v) is 6.37. The van der Waals surface area contributed by atoms with Crippen LogP contribution in [-0.4, -0.2) is 36.3 Å². The van der Waals surface area contributed by atoms with Gasteiger partial charge in [-0.25, -0.2) is 4.79 Å². The van der Waals surface area contributed by atoms with Gasteiger partial charge < -0.3 is 14.4 Å². The molecular formula is C18H26ClNO3S. The molecule has 0 aliphatic carbocycles. The maximum absolute atomic E-state index is 12.3. The predicted octanol–water partition coefficient (Wildman–Crippen LogP) is 4.94. The quantitative estimate of drug-likeness (QED) is 0.648. The van der Waals surface area contributed by atoms with E-state index in [0.717, 1.165) is 17.2 Å². The molecular weight excluding hydrogens is 346 g/mol. The molecule has 0 bridgehead atoms. The summed E-state index contributed by atoms with van der Waals surface area (Å²) in [4.78, 5) is 15.4. The van der Waals surface area contributed by atoms with Crippen LogP contribution in [0.2, 0.25) is 4.34 Å². The monoisotopic (exact) mass is 371 g/mol. The van der Waals surface area contributed by atoms with Crippen molar-refractivity contribution in [1.29, 1.82) is 0 Å². The van der Waals surface area contributed by atoms with Gasteiger partial charge in [-0.3, -0.25) is 0 Å². The average molecular weight is 372 g/mol. The molecule has 134 valence electrons. The summed E-state index contributed by atoms with van der Waals surface area (Å²) >= 11 is 7.97. The van der Waals surface area contributed by atoms with Crippen LogP contribution in [0.1, 0.15) is 57.9 Å². The number of ether oxygens (including phenoxy) is 2. The van der Waals surface area contributed by atoms with Crippen LogP contribution in [0.4, 0.5) is 4.79 Å². The van der Waals surface area contributed by atoms with E-state index < -0.39 is 5.60 Å². The molecule has 3 rings (SSSR count). The van der Waals surface area contributed by atoms with Crippen LogP contribution < -0.4 is 0 Å². The molecule has 0 saturated carbocycles. The molecule has 1 aromatic rings. The van der Waals surface area contributed by atoms with Gasteiger partial charge in [0.2, 0.25) is 0 Å². The fraction of sp³-hybridized carbons (Fsp3) is 0.722. The highest BCUT2D eigenvalue weighted by Gasteiger charge is 2.47. The maximum atomic E-state index is 12.3. The fourth-order valence-corrected chi connectivity index (χ4v) is 4.86. The largest absolute Gasteiger partial charge is 0.444 e. The van der Waals surface area contributed by atoms with Crippen LogP contribution in [0.5, 0.6) is 0 Å². The second kappa shape index (κ2) is 5.89. The molecule has 0 N–H and O–H groups in total. The van der Waals surface area contributed by atoms with Crippen molar-refractivity contribution in [2.24, 2.45) is 0 Å². The van der Waals surface area contributed by atoms with Crippen molar-refractivity contribution in [1.82, 2.24) is 4.90 Å². The van der Waals surface area contributed by atoms with Gasteiger partial charge in [0.1, 0.15) is 5.60 Å². The highest BCUT2D eigenvalue weighted by Crippen LogP contribution is 2.50.